The highest BCUT2D eigenvalue weighted by Crippen LogP contribution is 2.39. The lowest BCUT2D eigenvalue weighted by atomic mass is 10.3. The Labute approximate surface area is 122 Å². The molecule has 7 heteroatoms. The fourth-order valence-electron chi connectivity index (χ4n) is 2.05. The monoisotopic (exact) mass is 290 g/mol. The first-order chi connectivity index (χ1) is 9.65. The van der Waals surface area contributed by atoms with Gasteiger partial charge in [0.2, 0.25) is 0 Å². The smallest absolute Gasteiger partial charge is 0.145 e. The minimum atomic E-state index is 0.497. The SMILES string of the molecule is Cc1nc(CN(C)c2cc(NN)nc(C3CC3)n2)cs1. The van der Waals surface area contributed by atoms with Crippen molar-refractivity contribution in [3.63, 3.8) is 0 Å². The number of nitrogens with one attached hydrogen (secondary N) is 1. The summed E-state index contributed by atoms with van der Waals surface area (Å²) in [7, 11) is 2.01. The Kier molecular flexibility index (Phi) is 3.54. The van der Waals surface area contributed by atoms with Gasteiger partial charge in [0.15, 0.2) is 0 Å². The Morgan fingerprint density at radius 2 is 2.20 bits per heavy atom. The highest BCUT2D eigenvalue weighted by Gasteiger charge is 2.27. The van der Waals surface area contributed by atoms with Gasteiger partial charge in [0, 0.05) is 24.4 Å². The summed E-state index contributed by atoms with van der Waals surface area (Å²) < 4.78 is 0. The molecule has 0 aliphatic heterocycles. The third-order valence-corrected chi connectivity index (χ3v) is 4.10. The maximum Gasteiger partial charge on any atom is 0.145 e. The fourth-order valence-corrected chi connectivity index (χ4v) is 2.65. The van der Waals surface area contributed by atoms with Gasteiger partial charge in [-0.3, -0.25) is 0 Å². The number of rotatable bonds is 5. The topological polar surface area (TPSA) is 80.0 Å². The first kappa shape index (κ1) is 13.3. The third-order valence-electron chi connectivity index (χ3n) is 3.28. The molecular formula is C13H18N6S. The van der Waals surface area contributed by atoms with Gasteiger partial charge in [-0.2, -0.15) is 0 Å². The number of hydrogen-bond donors (Lipinski definition) is 2. The van der Waals surface area contributed by atoms with E-state index in [1.807, 2.05) is 20.0 Å². The van der Waals surface area contributed by atoms with Crippen molar-refractivity contribution in [2.24, 2.45) is 5.84 Å². The number of nitrogen functional groups attached to an aromatic ring is 1. The molecule has 2 aromatic heterocycles. The molecule has 6 nitrogen and oxygen atoms in total. The van der Waals surface area contributed by atoms with Gasteiger partial charge in [0.1, 0.15) is 17.5 Å². The Bertz CT molecular complexity index is 607. The first-order valence-corrected chi connectivity index (χ1v) is 7.51. The maximum atomic E-state index is 5.49. The zero-order valence-corrected chi connectivity index (χ0v) is 12.4. The number of hydrazine groups is 1. The van der Waals surface area contributed by atoms with Crippen LogP contribution in [0.25, 0.3) is 0 Å². The summed E-state index contributed by atoms with van der Waals surface area (Å²) in [6.07, 6.45) is 2.34. The number of thiazole rings is 1. The number of hydrogen-bond acceptors (Lipinski definition) is 7. The van der Waals surface area contributed by atoms with E-state index >= 15 is 0 Å². The molecule has 0 saturated heterocycles. The zero-order valence-electron chi connectivity index (χ0n) is 11.6. The van der Waals surface area contributed by atoms with Crippen LogP contribution in [-0.4, -0.2) is 22.0 Å². The van der Waals surface area contributed by atoms with Crippen molar-refractivity contribution in [3.05, 3.63) is 28.0 Å². The van der Waals surface area contributed by atoms with Crippen molar-refractivity contribution >= 4 is 23.0 Å². The van der Waals surface area contributed by atoms with Gasteiger partial charge in [0.05, 0.1) is 17.2 Å². The molecule has 3 N–H and O–H groups in total. The molecule has 0 amide bonds. The van der Waals surface area contributed by atoms with Crippen molar-refractivity contribution in [2.45, 2.75) is 32.2 Å². The van der Waals surface area contributed by atoms with E-state index in [4.69, 9.17) is 5.84 Å². The molecule has 0 spiro atoms. The van der Waals surface area contributed by atoms with Crippen LogP contribution in [0.4, 0.5) is 11.6 Å². The Balaban J connectivity index is 1.82. The molecule has 106 valence electrons. The normalized spacial score (nSPS) is 14.3. The number of nitrogens with two attached hydrogens (primary N) is 1. The van der Waals surface area contributed by atoms with E-state index in [1.165, 1.54) is 12.8 Å². The average molecular weight is 290 g/mol. The van der Waals surface area contributed by atoms with Gasteiger partial charge >= 0.3 is 0 Å². The van der Waals surface area contributed by atoms with Gasteiger partial charge in [0.25, 0.3) is 0 Å². The van der Waals surface area contributed by atoms with Crippen LogP contribution in [0.1, 0.15) is 35.3 Å². The van der Waals surface area contributed by atoms with Crippen molar-refractivity contribution in [3.8, 4) is 0 Å². The van der Waals surface area contributed by atoms with E-state index < -0.39 is 0 Å². The quantitative estimate of drug-likeness (QED) is 0.648. The summed E-state index contributed by atoms with van der Waals surface area (Å²) in [5, 5.41) is 3.16. The van der Waals surface area contributed by atoms with E-state index in [-0.39, 0.29) is 0 Å². The van der Waals surface area contributed by atoms with E-state index in [9.17, 15) is 0 Å². The predicted molar refractivity (Wildman–Crippen MR) is 80.8 cm³/mol. The molecule has 3 rings (SSSR count). The van der Waals surface area contributed by atoms with E-state index in [2.05, 4.69) is 30.7 Å². The average Bonchev–Trinajstić information content (AvgIpc) is 3.22. The number of aromatic nitrogens is 3. The predicted octanol–water partition coefficient (Wildman–Crippen LogP) is 2.04. The first-order valence-electron chi connectivity index (χ1n) is 6.63. The third kappa shape index (κ3) is 2.88. The lowest BCUT2D eigenvalue weighted by molar-refractivity contribution is 0.839. The van der Waals surface area contributed by atoms with E-state index in [0.717, 1.165) is 28.9 Å². The Morgan fingerprint density at radius 3 is 2.80 bits per heavy atom. The minimum Gasteiger partial charge on any atom is -0.354 e. The summed E-state index contributed by atoms with van der Waals surface area (Å²) >= 11 is 1.66. The second-order valence-corrected chi connectivity index (χ2v) is 6.16. The summed E-state index contributed by atoms with van der Waals surface area (Å²) in [5.74, 6) is 8.42. The molecule has 1 aliphatic rings. The van der Waals surface area contributed by atoms with Crippen LogP contribution in [0.5, 0.6) is 0 Å². The molecule has 0 radical (unpaired) electrons. The molecule has 0 unspecified atom stereocenters. The Hall–Kier alpha value is -1.73. The van der Waals surface area contributed by atoms with Gasteiger partial charge < -0.3 is 10.3 Å². The van der Waals surface area contributed by atoms with Crippen molar-refractivity contribution in [2.75, 3.05) is 17.4 Å². The van der Waals surface area contributed by atoms with Crippen LogP contribution in [-0.2, 0) is 6.54 Å². The molecule has 1 aliphatic carbocycles. The summed E-state index contributed by atoms with van der Waals surface area (Å²) in [4.78, 5) is 15.6. The van der Waals surface area contributed by atoms with Crippen LogP contribution in [0, 0.1) is 6.92 Å². The molecule has 0 aromatic carbocycles. The van der Waals surface area contributed by atoms with Gasteiger partial charge in [-0.25, -0.2) is 20.8 Å². The molecule has 1 fully saturated rings. The number of nitrogens with zero attached hydrogens (tertiary/aromatic N) is 4. The number of anilines is 2. The minimum absolute atomic E-state index is 0.497. The largest absolute Gasteiger partial charge is 0.354 e. The van der Waals surface area contributed by atoms with Crippen LogP contribution < -0.4 is 16.2 Å². The van der Waals surface area contributed by atoms with Crippen LogP contribution in [0.2, 0.25) is 0 Å². The zero-order chi connectivity index (χ0) is 14.1. The Morgan fingerprint density at radius 1 is 1.40 bits per heavy atom. The van der Waals surface area contributed by atoms with E-state index in [1.54, 1.807) is 11.3 Å². The van der Waals surface area contributed by atoms with E-state index in [0.29, 0.717) is 11.7 Å². The molecule has 0 atom stereocenters. The van der Waals surface area contributed by atoms with Crippen LogP contribution in [0.3, 0.4) is 0 Å². The highest BCUT2D eigenvalue weighted by molar-refractivity contribution is 7.09. The fraction of sp³-hybridized carbons (Fsp3) is 0.462. The van der Waals surface area contributed by atoms with Gasteiger partial charge in [-0.05, 0) is 19.8 Å². The highest BCUT2D eigenvalue weighted by atomic mass is 32.1. The molecule has 0 bridgehead atoms. The maximum absolute atomic E-state index is 5.49. The summed E-state index contributed by atoms with van der Waals surface area (Å²) in [5.41, 5.74) is 3.68. The van der Waals surface area contributed by atoms with Crippen molar-refractivity contribution < 1.29 is 0 Å². The molecule has 2 heterocycles. The van der Waals surface area contributed by atoms with Crippen LogP contribution in [0.15, 0.2) is 11.4 Å². The second-order valence-electron chi connectivity index (χ2n) is 5.10. The van der Waals surface area contributed by atoms with Gasteiger partial charge in [-0.1, -0.05) is 0 Å². The molecule has 1 saturated carbocycles. The van der Waals surface area contributed by atoms with Crippen molar-refractivity contribution in [1.29, 1.82) is 0 Å². The lowest BCUT2D eigenvalue weighted by Crippen LogP contribution is -2.20. The lowest BCUT2D eigenvalue weighted by Gasteiger charge is -2.18. The summed E-state index contributed by atoms with van der Waals surface area (Å²) in [6, 6.07) is 1.87. The standard InChI is InChI=1S/C13H18N6S/c1-8-15-10(7-20-8)6-19(2)12-5-11(18-14)16-13(17-12)9-3-4-9/h5,7,9H,3-4,6,14H2,1-2H3,(H,16,17,18). The molecular weight excluding hydrogens is 272 g/mol. The second kappa shape index (κ2) is 5.34. The van der Waals surface area contributed by atoms with Gasteiger partial charge in [-0.15, -0.1) is 11.3 Å². The summed E-state index contributed by atoms with van der Waals surface area (Å²) in [6.45, 7) is 2.75. The van der Waals surface area contributed by atoms with Crippen molar-refractivity contribution in [1.82, 2.24) is 15.0 Å². The molecule has 20 heavy (non-hydrogen) atoms. The van der Waals surface area contributed by atoms with Crippen LogP contribution >= 0.6 is 11.3 Å². The molecule has 2 aromatic rings. The number of aryl methyl sites for hydroxylation is 1.